The third-order valence-corrected chi connectivity index (χ3v) is 3.31. The lowest BCUT2D eigenvalue weighted by Gasteiger charge is -2.10. The topological polar surface area (TPSA) is 71.7 Å². The van der Waals surface area contributed by atoms with Gasteiger partial charge < -0.3 is 10.1 Å². The fourth-order valence-corrected chi connectivity index (χ4v) is 1.73. The third-order valence-electron chi connectivity index (χ3n) is 2.10. The fourth-order valence-electron chi connectivity index (χ4n) is 1.23. The SMILES string of the molecule is COCCCN=C(NN)Nc1ccc(Cl)c(Br)c1. The molecule has 0 aliphatic carbocycles. The first-order valence-corrected chi connectivity index (χ1v) is 6.56. The molecule has 1 aromatic rings. The first kappa shape index (κ1) is 15.2. The van der Waals surface area contributed by atoms with Crippen LogP contribution in [0.4, 0.5) is 5.69 Å². The number of hydrazine groups is 1. The van der Waals surface area contributed by atoms with Crippen LogP contribution < -0.4 is 16.6 Å². The largest absolute Gasteiger partial charge is 0.385 e. The molecule has 7 heteroatoms. The number of benzene rings is 1. The first-order valence-electron chi connectivity index (χ1n) is 5.39. The number of methoxy groups -OCH3 is 1. The number of halogens is 2. The molecule has 0 radical (unpaired) electrons. The molecule has 0 saturated heterocycles. The average Bonchev–Trinajstić information content (AvgIpc) is 2.37. The highest BCUT2D eigenvalue weighted by Gasteiger charge is 2.01. The van der Waals surface area contributed by atoms with E-state index in [1.807, 2.05) is 12.1 Å². The van der Waals surface area contributed by atoms with Gasteiger partial charge in [0.25, 0.3) is 0 Å². The lowest BCUT2D eigenvalue weighted by atomic mass is 10.3. The summed E-state index contributed by atoms with van der Waals surface area (Å²) in [6.07, 6.45) is 0.841. The maximum atomic E-state index is 5.91. The molecule has 4 N–H and O–H groups in total. The van der Waals surface area contributed by atoms with Gasteiger partial charge in [-0.1, -0.05) is 11.6 Å². The van der Waals surface area contributed by atoms with Crippen LogP contribution in [-0.4, -0.2) is 26.2 Å². The molecule has 0 aliphatic rings. The maximum absolute atomic E-state index is 5.91. The van der Waals surface area contributed by atoms with Crippen molar-refractivity contribution in [2.24, 2.45) is 10.8 Å². The van der Waals surface area contributed by atoms with Gasteiger partial charge in [-0.3, -0.25) is 10.4 Å². The minimum absolute atomic E-state index is 0.500. The fraction of sp³-hybridized carbons (Fsp3) is 0.364. The zero-order valence-electron chi connectivity index (χ0n) is 10.0. The number of aliphatic imine (C=N–C) groups is 1. The van der Waals surface area contributed by atoms with Crippen LogP contribution in [0.2, 0.25) is 5.02 Å². The van der Waals surface area contributed by atoms with E-state index in [0.717, 1.165) is 16.6 Å². The van der Waals surface area contributed by atoms with Crippen molar-refractivity contribution in [2.75, 3.05) is 25.6 Å². The highest BCUT2D eigenvalue weighted by molar-refractivity contribution is 9.10. The van der Waals surface area contributed by atoms with Gasteiger partial charge in [-0.15, -0.1) is 0 Å². The Kier molecular flexibility index (Phi) is 7.04. The van der Waals surface area contributed by atoms with Gasteiger partial charge in [0.15, 0.2) is 0 Å². The molecule has 0 aliphatic heterocycles. The Balaban J connectivity index is 2.58. The van der Waals surface area contributed by atoms with Crippen LogP contribution in [0.5, 0.6) is 0 Å². The Morgan fingerprint density at radius 2 is 2.33 bits per heavy atom. The molecule has 0 aromatic heterocycles. The molecule has 18 heavy (non-hydrogen) atoms. The van der Waals surface area contributed by atoms with Gasteiger partial charge in [-0.25, -0.2) is 5.84 Å². The Bertz CT molecular complexity index is 414. The van der Waals surface area contributed by atoms with Crippen LogP contribution in [0.25, 0.3) is 0 Å². The van der Waals surface area contributed by atoms with E-state index in [1.165, 1.54) is 0 Å². The second-order valence-corrected chi connectivity index (χ2v) is 4.74. The van der Waals surface area contributed by atoms with E-state index in [0.29, 0.717) is 24.1 Å². The summed E-state index contributed by atoms with van der Waals surface area (Å²) in [6, 6.07) is 5.48. The van der Waals surface area contributed by atoms with Gasteiger partial charge in [0.05, 0.1) is 5.02 Å². The van der Waals surface area contributed by atoms with Crippen LogP contribution in [0.1, 0.15) is 6.42 Å². The van der Waals surface area contributed by atoms with Crippen LogP contribution >= 0.6 is 27.5 Å². The summed E-state index contributed by atoms with van der Waals surface area (Å²) < 4.78 is 5.75. The maximum Gasteiger partial charge on any atom is 0.210 e. The Morgan fingerprint density at radius 1 is 1.56 bits per heavy atom. The van der Waals surface area contributed by atoms with Gasteiger partial charge in [0, 0.05) is 30.4 Å². The van der Waals surface area contributed by atoms with Crippen molar-refractivity contribution in [3.63, 3.8) is 0 Å². The number of nitrogens with two attached hydrogens (primary N) is 1. The van der Waals surface area contributed by atoms with Crippen LogP contribution in [0.15, 0.2) is 27.7 Å². The molecule has 5 nitrogen and oxygen atoms in total. The summed E-state index contributed by atoms with van der Waals surface area (Å²) >= 11 is 9.26. The third kappa shape index (κ3) is 5.22. The smallest absolute Gasteiger partial charge is 0.210 e. The van der Waals surface area contributed by atoms with Crippen LogP contribution in [0.3, 0.4) is 0 Å². The van der Waals surface area contributed by atoms with Gasteiger partial charge >= 0.3 is 0 Å². The molecular weight excluding hydrogens is 320 g/mol. The van der Waals surface area contributed by atoms with E-state index in [1.54, 1.807) is 13.2 Å². The Morgan fingerprint density at radius 3 is 2.94 bits per heavy atom. The van der Waals surface area contributed by atoms with Crippen molar-refractivity contribution in [1.82, 2.24) is 5.43 Å². The number of anilines is 1. The van der Waals surface area contributed by atoms with E-state index in [4.69, 9.17) is 22.2 Å². The molecule has 0 atom stereocenters. The Hall–Kier alpha value is -0.820. The molecule has 100 valence electrons. The van der Waals surface area contributed by atoms with Crippen molar-refractivity contribution in [1.29, 1.82) is 0 Å². The minimum Gasteiger partial charge on any atom is -0.385 e. The number of ether oxygens (including phenoxy) is 1. The van der Waals surface area contributed by atoms with Gasteiger partial charge in [0.2, 0.25) is 5.96 Å². The van der Waals surface area contributed by atoms with E-state index in [9.17, 15) is 0 Å². The number of guanidine groups is 1. The van der Waals surface area contributed by atoms with Gasteiger partial charge in [-0.2, -0.15) is 0 Å². The molecule has 0 saturated carbocycles. The second kappa shape index (κ2) is 8.31. The summed E-state index contributed by atoms with van der Waals surface area (Å²) in [7, 11) is 1.66. The van der Waals surface area contributed by atoms with Crippen molar-refractivity contribution in [2.45, 2.75) is 6.42 Å². The molecule has 0 spiro atoms. The van der Waals surface area contributed by atoms with Crippen LogP contribution in [0, 0.1) is 0 Å². The lowest BCUT2D eigenvalue weighted by molar-refractivity contribution is 0.197. The summed E-state index contributed by atoms with van der Waals surface area (Å²) in [4.78, 5) is 4.27. The average molecular weight is 336 g/mol. The van der Waals surface area contributed by atoms with E-state index in [-0.39, 0.29) is 0 Å². The van der Waals surface area contributed by atoms with Crippen molar-refractivity contribution < 1.29 is 4.74 Å². The lowest BCUT2D eigenvalue weighted by Crippen LogP contribution is -2.36. The first-order chi connectivity index (χ1) is 8.67. The predicted molar refractivity (Wildman–Crippen MR) is 78.9 cm³/mol. The summed E-state index contributed by atoms with van der Waals surface area (Å²) in [5.74, 6) is 5.89. The van der Waals surface area contributed by atoms with E-state index >= 15 is 0 Å². The number of nitrogens with one attached hydrogen (secondary N) is 2. The molecule has 0 amide bonds. The Labute approximate surface area is 120 Å². The van der Waals surface area contributed by atoms with Gasteiger partial charge in [-0.05, 0) is 40.5 Å². The zero-order chi connectivity index (χ0) is 13.4. The van der Waals surface area contributed by atoms with E-state index in [2.05, 4.69) is 31.7 Å². The minimum atomic E-state index is 0.500. The van der Waals surface area contributed by atoms with Gasteiger partial charge in [0.1, 0.15) is 0 Å². The number of hydrogen-bond acceptors (Lipinski definition) is 3. The molecule has 1 aromatic carbocycles. The molecule has 0 unspecified atom stereocenters. The monoisotopic (exact) mass is 334 g/mol. The van der Waals surface area contributed by atoms with Crippen molar-refractivity contribution in [3.8, 4) is 0 Å². The molecule has 1 rings (SSSR count). The number of rotatable bonds is 5. The van der Waals surface area contributed by atoms with Crippen molar-refractivity contribution in [3.05, 3.63) is 27.7 Å². The molecule has 0 bridgehead atoms. The highest BCUT2D eigenvalue weighted by Crippen LogP contribution is 2.25. The number of hydrogen-bond donors (Lipinski definition) is 3. The molecule has 0 fully saturated rings. The summed E-state index contributed by atoms with van der Waals surface area (Å²) in [6.45, 7) is 1.31. The van der Waals surface area contributed by atoms with Crippen molar-refractivity contribution >= 4 is 39.2 Å². The molecule has 0 heterocycles. The zero-order valence-corrected chi connectivity index (χ0v) is 12.4. The van der Waals surface area contributed by atoms with Crippen LogP contribution in [-0.2, 0) is 4.74 Å². The highest BCUT2D eigenvalue weighted by atomic mass is 79.9. The predicted octanol–water partition coefficient (Wildman–Crippen LogP) is 2.37. The quantitative estimate of drug-likeness (QED) is 0.254. The summed E-state index contributed by atoms with van der Waals surface area (Å²) in [5, 5.41) is 3.71. The number of nitrogens with zero attached hydrogens (tertiary/aromatic N) is 1. The molecular formula is C11H16BrClN4O. The standard InChI is InChI=1S/C11H16BrClN4O/c1-18-6-2-5-15-11(17-14)16-8-3-4-10(13)9(12)7-8/h3-4,7H,2,5-6,14H2,1H3,(H2,15,16,17). The summed E-state index contributed by atoms with van der Waals surface area (Å²) in [5.41, 5.74) is 3.35. The second-order valence-electron chi connectivity index (χ2n) is 3.47. The normalized spacial score (nSPS) is 11.4. The van der Waals surface area contributed by atoms with E-state index < -0.39 is 0 Å².